The number of carbonyl (C=O) groups is 1. The van der Waals surface area contributed by atoms with E-state index in [1.807, 2.05) is 24.1 Å². The van der Waals surface area contributed by atoms with E-state index < -0.39 is 0 Å². The van der Waals surface area contributed by atoms with Gasteiger partial charge in [-0.15, -0.1) is 0 Å². The van der Waals surface area contributed by atoms with E-state index in [1.54, 1.807) is 0 Å². The highest BCUT2D eigenvalue weighted by atomic mass is 16.2. The largest absolute Gasteiger partial charge is 0.331 e. The molecule has 4 nitrogen and oxygen atoms in total. The lowest BCUT2D eigenvalue weighted by Crippen LogP contribution is -2.48. The van der Waals surface area contributed by atoms with Gasteiger partial charge in [0, 0.05) is 13.1 Å². The summed E-state index contributed by atoms with van der Waals surface area (Å²) in [7, 11) is 4.06. The summed E-state index contributed by atoms with van der Waals surface area (Å²) >= 11 is 0. The first-order valence-corrected chi connectivity index (χ1v) is 8.76. The summed E-state index contributed by atoms with van der Waals surface area (Å²) in [5.74, 6) is 0. The summed E-state index contributed by atoms with van der Waals surface area (Å²) in [6.45, 7) is 4.17. The fourth-order valence-corrected chi connectivity index (χ4v) is 3.54. The van der Waals surface area contributed by atoms with Crippen LogP contribution in [0.25, 0.3) is 10.8 Å². The molecule has 0 radical (unpaired) electrons. The molecule has 0 saturated carbocycles. The number of urea groups is 1. The summed E-state index contributed by atoms with van der Waals surface area (Å²) < 4.78 is 0. The van der Waals surface area contributed by atoms with Crippen molar-refractivity contribution in [2.45, 2.75) is 31.8 Å². The van der Waals surface area contributed by atoms with Crippen LogP contribution >= 0.6 is 0 Å². The van der Waals surface area contributed by atoms with Crippen LogP contribution in [0, 0.1) is 0 Å². The molecule has 1 atom stereocenters. The molecule has 0 aliphatic carbocycles. The smallest absolute Gasteiger partial charge is 0.317 e. The van der Waals surface area contributed by atoms with Crippen molar-refractivity contribution in [2.24, 2.45) is 0 Å². The van der Waals surface area contributed by atoms with Gasteiger partial charge in [0.15, 0.2) is 0 Å². The number of hydrogen-bond acceptors (Lipinski definition) is 2. The minimum absolute atomic E-state index is 0.0164. The van der Waals surface area contributed by atoms with Crippen molar-refractivity contribution in [1.82, 2.24) is 15.1 Å². The second-order valence-electron chi connectivity index (χ2n) is 6.88. The Morgan fingerprint density at radius 3 is 2.58 bits per heavy atom. The second kappa shape index (κ2) is 7.22. The van der Waals surface area contributed by atoms with Crippen LogP contribution in [0.4, 0.5) is 4.79 Å². The third-order valence-corrected chi connectivity index (χ3v) is 5.19. The van der Waals surface area contributed by atoms with Crippen LogP contribution in [0.2, 0.25) is 0 Å². The van der Waals surface area contributed by atoms with E-state index in [4.69, 9.17) is 0 Å². The number of benzene rings is 2. The maximum atomic E-state index is 12.6. The molecule has 1 N–H and O–H groups in total. The minimum Gasteiger partial charge on any atom is -0.331 e. The van der Waals surface area contributed by atoms with Crippen LogP contribution in [0.15, 0.2) is 42.5 Å². The van der Waals surface area contributed by atoms with E-state index >= 15 is 0 Å². The van der Waals surface area contributed by atoms with E-state index in [1.165, 1.54) is 16.3 Å². The van der Waals surface area contributed by atoms with E-state index in [9.17, 15) is 4.79 Å². The van der Waals surface area contributed by atoms with Gasteiger partial charge in [0.05, 0.1) is 6.04 Å². The second-order valence-corrected chi connectivity index (χ2v) is 6.88. The molecule has 2 amide bonds. The van der Waals surface area contributed by atoms with Crippen molar-refractivity contribution < 1.29 is 4.79 Å². The van der Waals surface area contributed by atoms with Crippen molar-refractivity contribution in [2.75, 3.05) is 27.2 Å². The summed E-state index contributed by atoms with van der Waals surface area (Å²) in [5.41, 5.74) is 1.17. The Labute approximate surface area is 144 Å². The Kier molecular flexibility index (Phi) is 5.05. The van der Waals surface area contributed by atoms with Crippen LogP contribution < -0.4 is 5.32 Å². The highest BCUT2D eigenvalue weighted by molar-refractivity contribution is 5.86. The Morgan fingerprint density at radius 2 is 1.83 bits per heavy atom. The number of nitrogens with one attached hydrogen (secondary N) is 1. The molecule has 1 fully saturated rings. The van der Waals surface area contributed by atoms with Gasteiger partial charge in [-0.1, -0.05) is 42.5 Å². The minimum atomic E-state index is -0.0164. The van der Waals surface area contributed by atoms with Gasteiger partial charge in [0.1, 0.15) is 0 Å². The van der Waals surface area contributed by atoms with Crippen LogP contribution in [-0.2, 0) is 0 Å². The van der Waals surface area contributed by atoms with E-state index in [0.29, 0.717) is 6.04 Å². The van der Waals surface area contributed by atoms with Crippen molar-refractivity contribution in [3.63, 3.8) is 0 Å². The molecule has 1 saturated heterocycles. The standard InChI is InChI=1S/C20H27N3O/c1-15(18-10-6-8-16-7-4-5-9-19(16)18)21-20(24)23(3)17-11-13-22(2)14-12-17/h4-10,15,17H,11-14H2,1-3H3,(H,21,24). The third-order valence-electron chi connectivity index (χ3n) is 5.19. The summed E-state index contributed by atoms with van der Waals surface area (Å²) in [4.78, 5) is 16.8. The topological polar surface area (TPSA) is 35.6 Å². The SMILES string of the molecule is CC(NC(=O)N(C)C1CCN(C)CC1)c1cccc2ccccc12. The van der Waals surface area contributed by atoms with Crippen molar-refractivity contribution in [3.8, 4) is 0 Å². The first-order valence-electron chi connectivity index (χ1n) is 8.76. The average molecular weight is 325 g/mol. The predicted molar refractivity (Wildman–Crippen MR) is 99.2 cm³/mol. The zero-order valence-corrected chi connectivity index (χ0v) is 14.8. The number of likely N-dealkylation sites (tertiary alicyclic amines) is 1. The molecule has 1 heterocycles. The Morgan fingerprint density at radius 1 is 1.17 bits per heavy atom. The lowest BCUT2D eigenvalue weighted by molar-refractivity contribution is 0.146. The molecule has 24 heavy (non-hydrogen) atoms. The van der Waals surface area contributed by atoms with Gasteiger partial charge in [0.2, 0.25) is 0 Å². The van der Waals surface area contributed by atoms with E-state index in [0.717, 1.165) is 25.9 Å². The van der Waals surface area contributed by atoms with Gasteiger partial charge in [-0.2, -0.15) is 0 Å². The van der Waals surface area contributed by atoms with E-state index in [-0.39, 0.29) is 12.1 Å². The van der Waals surface area contributed by atoms with Gasteiger partial charge in [-0.05, 0) is 56.2 Å². The van der Waals surface area contributed by atoms with Crippen LogP contribution in [-0.4, -0.2) is 49.1 Å². The molecule has 1 aliphatic rings. The molecule has 2 aromatic carbocycles. The van der Waals surface area contributed by atoms with Gasteiger partial charge < -0.3 is 15.1 Å². The quantitative estimate of drug-likeness (QED) is 0.935. The summed E-state index contributed by atoms with van der Waals surface area (Å²) in [6.07, 6.45) is 2.09. The molecule has 0 aromatic heterocycles. The number of amides is 2. The maximum Gasteiger partial charge on any atom is 0.317 e. The van der Waals surface area contributed by atoms with Gasteiger partial charge >= 0.3 is 6.03 Å². The third kappa shape index (κ3) is 3.54. The zero-order chi connectivity index (χ0) is 17.1. The molecule has 4 heteroatoms. The maximum absolute atomic E-state index is 12.6. The average Bonchev–Trinajstić information content (AvgIpc) is 2.61. The van der Waals surface area contributed by atoms with E-state index in [2.05, 4.69) is 54.5 Å². The molecule has 3 rings (SSSR count). The van der Waals surface area contributed by atoms with Crippen LogP contribution in [0.1, 0.15) is 31.4 Å². The molecule has 128 valence electrons. The predicted octanol–water partition coefficient (Wildman–Crippen LogP) is 3.64. The normalized spacial score (nSPS) is 17.6. The molecular formula is C20H27N3O. The Balaban J connectivity index is 1.69. The Hall–Kier alpha value is -2.07. The first-order chi connectivity index (χ1) is 11.6. The fraction of sp³-hybridized carbons (Fsp3) is 0.450. The van der Waals surface area contributed by atoms with Gasteiger partial charge in [0.25, 0.3) is 0 Å². The highest BCUT2D eigenvalue weighted by Gasteiger charge is 2.25. The van der Waals surface area contributed by atoms with Crippen molar-refractivity contribution in [3.05, 3.63) is 48.0 Å². The monoisotopic (exact) mass is 325 g/mol. The summed E-state index contributed by atoms with van der Waals surface area (Å²) in [6, 6.07) is 14.9. The number of nitrogens with zero attached hydrogens (tertiary/aromatic N) is 2. The fourth-order valence-electron chi connectivity index (χ4n) is 3.54. The number of piperidine rings is 1. The zero-order valence-electron chi connectivity index (χ0n) is 14.8. The van der Waals surface area contributed by atoms with Crippen molar-refractivity contribution in [1.29, 1.82) is 0 Å². The lowest BCUT2D eigenvalue weighted by Gasteiger charge is -2.35. The van der Waals surface area contributed by atoms with Crippen LogP contribution in [0.3, 0.4) is 0 Å². The molecular weight excluding hydrogens is 298 g/mol. The number of carbonyl (C=O) groups excluding carboxylic acids is 1. The highest BCUT2D eigenvalue weighted by Crippen LogP contribution is 2.24. The molecule has 0 bridgehead atoms. The Bertz CT molecular complexity index is 702. The number of rotatable bonds is 3. The van der Waals surface area contributed by atoms with Gasteiger partial charge in [-0.3, -0.25) is 0 Å². The molecule has 2 aromatic rings. The first kappa shape index (κ1) is 16.8. The number of hydrogen-bond donors (Lipinski definition) is 1. The lowest BCUT2D eigenvalue weighted by atomic mass is 10.00. The van der Waals surface area contributed by atoms with Crippen LogP contribution in [0.5, 0.6) is 0 Å². The van der Waals surface area contributed by atoms with Gasteiger partial charge in [-0.25, -0.2) is 4.79 Å². The molecule has 1 aliphatic heterocycles. The number of fused-ring (bicyclic) bond motifs is 1. The molecule has 0 spiro atoms. The van der Waals surface area contributed by atoms with Crippen molar-refractivity contribution >= 4 is 16.8 Å². The molecule has 1 unspecified atom stereocenters. The summed E-state index contributed by atoms with van der Waals surface area (Å²) in [5, 5.41) is 5.58.